The average Bonchev–Trinajstić information content (AvgIpc) is 3.07. The molecule has 3 rings (SSSR count). The van der Waals surface area contributed by atoms with Gasteiger partial charge in [-0.05, 0) is 25.0 Å². The summed E-state index contributed by atoms with van der Waals surface area (Å²) in [7, 11) is 1.76. The summed E-state index contributed by atoms with van der Waals surface area (Å²) < 4.78 is 22.4. The van der Waals surface area contributed by atoms with Crippen LogP contribution >= 0.6 is 24.0 Å². The molecule has 1 aromatic carbocycles. The summed E-state index contributed by atoms with van der Waals surface area (Å²) in [6.45, 7) is 5.41. The lowest BCUT2D eigenvalue weighted by Crippen LogP contribution is -2.32. The summed E-state index contributed by atoms with van der Waals surface area (Å²) >= 11 is 0. The molecule has 2 aliphatic heterocycles. The predicted molar refractivity (Wildman–Crippen MR) is 117 cm³/mol. The van der Waals surface area contributed by atoms with Crippen molar-refractivity contribution in [2.45, 2.75) is 19.3 Å². The lowest BCUT2D eigenvalue weighted by Gasteiger charge is -2.14. The molecule has 1 atom stereocenters. The number of ether oxygens (including phenoxy) is 4. The Kier molecular flexibility index (Phi) is 10.00. The van der Waals surface area contributed by atoms with Gasteiger partial charge >= 0.3 is 0 Å². The van der Waals surface area contributed by atoms with E-state index in [1.54, 1.807) is 7.05 Å². The average molecular weight is 491 g/mol. The fraction of sp³-hybridized carbons (Fsp3) is 0.632. The molecule has 7 nitrogen and oxygen atoms in total. The van der Waals surface area contributed by atoms with Crippen LogP contribution in [0.25, 0.3) is 0 Å². The van der Waals surface area contributed by atoms with Crippen LogP contribution in [0.1, 0.15) is 19.3 Å². The number of guanidine groups is 1. The van der Waals surface area contributed by atoms with Crippen molar-refractivity contribution in [1.82, 2.24) is 5.32 Å². The number of nitrogens with one attached hydrogen (secondary N) is 2. The topological polar surface area (TPSA) is 73.3 Å². The molecule has 0 aromatic heterocycles. The number of rotatable bonds is 7. The highest BCUT2D eigenvalue weighted by molar-refractivity contribution is 14.0. The molecule has 0 amide bonds. The van der Waals surface area contributed by atoms with E-state index in [9.17, 15) is 0 Å². The van der Waals surface area contributed by atoms with E-state index in [1.165, 1.54) is 0 Å². The Morgan fingerprint density at radius 3 is 2.85 bits per heavy atom. The minimum atomic E-state index is 0. The quantitative estimate of drug-likeness (QED) is 0.265. The molecular formula is C19H30IN3O4. The summed E-state index contributed by atoms with van der Waals surface area (Å²) in [6, 6.07) is 5.84. The van der Waals surface area contributed by atoms with Gasteiger partial charge in [-0.25, -0.2) is 0 Å². The maximum absolute atomic E-state index is 5.72. The van der Waals surface area contributed by atoms with Crippen LogP contribution in [0, 0.1) is 5.92 Å². The van der Waals surface area contributed by atoms with Crippen molar-refractivity contribution < 1.29 is 18.9 Å². The highest BCUT2D eigenvalue weighted by Gasteiger charge is 2.15. The van der Waals surface area contributed by atoms with Gasteiger partial charge in [-0.3, -0.25) is 4.99 Å². The molecule has 0 radical (unpaired) electrons. The zero-order chi connectivity index (χ0) is 18.0. The van der Waals surface area contributed by atoms with Crippen molar-refractivity contribution in [3.63, 3.8) is 0 Å². The Balaban J connectivity index is 0.00000261. The molecule has 2 N–H and O–H groups in total. The van der Waals surface area contributed by atoms with Crippen molar-refractivity contribution in [2.75, 3.05) is 58.6 Å². The minimum Gasteiger partial charge on any atom is -0.490 e. The van der Waals surface area contributed by atoms with Crippen LogP contribution in [0.4, 0.5) is 5.69 Å². The molecular weight excluding hydrogens is 461 g/mol. The fourth-order valence-electron chi connectivity index (χ4n) is 2.90. The molecule has 0 spiro atoms. The lowest BCUT2D eigenvalue weighted by atomic mass is 10.1. The Labute approximate surface area is 178 Å². The number of hydrogen-bond acceptors (Lipinski definition) is 5. The zero-order valence-electron chi connectivity index (χ0n) is 15.9. The molecule has 2 heterocycles. The predicted octanol–water partition coefficient (Wildman–Crippen LogP) is 2.90. The molecule has 152 valence electrons. The lowest BCUT2D eigenvalue weighted by molar-refractivity contribution is 0.0888. The van der Waals surface area contributed by atoms with Crippen molar-refractivity contribution in [2.24, 2.45) is 10.9 Å². The summed E-state index contributed by atoms with van der Waals surface area (Å²) in [5.41, 5.74) is 0.917. The molecule has 2 aliphatic rings. The number of fused-ring (bicyclic) bond motifs is 1. The van der Waals surface area contributed by atoms with E-state index in [2.05, 4.69) is 15.6 Å². The normalized spacial score (nSPS) is 19.1. The van der Waals surface area contributed by atoms with Gasteiger partial charge in [0.2, 0.25) is 0 Å². The monoisotopic (exact) mass is 491 g/mol. The van der Waals surface area contributed by atoms with Crippen molar-refractivity contribution >= 4 is 35.6 Å². The Hall–Kier alpha value is -1.26. The van der Waals surface area contributed by atoms with Crippen LogP contribution in [0.15, 0.2) is 23.2 Å². The van der Waals surface area contributed by atoms with E-state index < -0.39 is 0 Å². The van der Waals surface area contributed by atoms with Gasteiger partial charge in [0.1, 0.15) is 0 Å². The van der Waals surface area contributed by atoms with Gasteiger partial charge in [0.05, 0.1) is 26.4 Å². The third-order valence-corrected chi connectivity index (χ3v) is 4.37. The van der Waals surface area contributed by atoms with Gasteiger partial charge in [-0.15, -0.1) is 24.0 Å². The minimum absolute atomic E-state index is 0. The number of hydrogen-bond donors (Lipinski definition) is 2. The van der Waals surface area contributed by atoms with Gasteiger partial charge in [-0.1, -0.05) is 0 Å². The molecule has 0 saturated carbocycles. The zero-order valence-corrected chi connectivity index (χ0v) is 18.2. The number of aliphatic imine (C=N–C) groups is 1. The summed E-state index contributed by atoms with van der Waals surface area (Å²) in [5.74, 6) is 2.86. The molecule has 27 heavy (non-hydrogen) atoms. The molecule has 1 unspecified atom stereocenters. The van der Waals surface area contributed by atoms with Gasteiger partial charge in [0.15, 0.2) is 17.5 Å². The fourth-order valence-corrected chi connectivity index (χ4v) is 2.90. The highest BCUT2D eigenvalue weighted by atomic mass is 127. The van der Waals surface area contributed by atoms with E-state index >= 15 is 0 Å². The van der Waals surface area contributed by atoms with Crippen molar-refractivity contribution in [3.05, 3.63) is 18.2 Å². The first-order valence-electron chi connectivity index (χ1n) is 9.38. The Bertz CT molecular complexity index is 594. The third-order valence-electron chi connectivity index (χ3n) is 4.37. The SMILES string of the molecule is CN=C(NCCCOCC1CCOC1)Nc1ccc2c(c1)OCCCO2.I. The van der Waals surface area contributed by atoms with Crippen LogP contribution < -0.4 is 20.1 Å². The maximum Gasteiger partial charge on any atom is 0.195 e. The maximum atomic E-state index is 5.72. The molecule has 1 fully saturated rings. The highest BCUT2D eigenvalue weighted by Crippen LogP contribution is 2.32. The van der Waals surface area contributed by atoms with Crippen molar-refractivity contribution in [3.8, 4) is 11.5 Å². The Morgan fingerprint density at radius 1 is 1.22 bits per heavy atom. The Morgan fingerprint density at radius 2 is 2.07 bits per heavy atom. The summed E-state index contributed by atoms with van der Waals surface area (Å²) in [6.07, 6.45) is 2.94. The second kappa shape index (κ2) is 12.2. The summed E-state index contributed by atoms with van der Waals surface area (Å²) in [4.78, 5) is 4.26. The van der Waals surface area contributed by atoms with Gasteiger partial charge < -0.3 is 29.6 Å². The molecule has 0 aliphatic carbocycles. The van der Waals surface area contributed by atoms with Gasteiger partial charge in [0, 0.05) is 50.9 Å². The molecule has 0 bridgehead atoms. The first-order chi connectivity index (χ1) is 12.8. The van der Waals surface area contributed by atoms with Gasteiger partial charge in [0.25, 0.3) is 0 Å². The first-order valence-corrected chi connectivity index (χ1v) is 9.38. The number of halogens is 1. The van der Waals surface area contributed by atoms with Gasteiger partial charge in [-0.2, -0.15) is 0 Å². The van der Waals surface area contributed by atoms with Crippen LogP contribution in [-0.2, 0) is 9.47 Å². The van der Waals surface area contributed by atoms with E-state index in [1.807, 2.05) is 18.2 Å². The molecule has 1 saturated heterocycles. The number of nitrogens with zero attached hydrogens (tertiary/aromatic N) is 1. The smallest absolute Gasteiger partial charge is 0.195 e. The number of anilines is 1. The first kappa shape index (κ1) is 22.0. The number of benzene rings is 1. The second-order valence-electron chi connectivity index (χ2n) is 6.49. The summed E-state index contributed by atoms with van der Waals surface area (Å²) in [5, 5.41) is 6.58. The second-order valence-corrected chi connectivity index (χ2v) is 6.49. The van der Waals surface area contributed by atoms with Crippen LogP contribution in [0.5, 0.6) is 11.5 Å². The molecule has 8 heteroatoms. The van der Waals surface area contributed by atoms with Crippen LogP contribution in [0.2, 0.25) is 0 Å². The standard InChI is InChI=1S/C19H29N3O4.HI/c1-20-19(21-7-2-8-23-13-15-6-11-24-14-15)22-16-4-5-17-18(12-16)26-10-3-9-25-17;/h4-5,12,15H,2-3,6-11,13-14H2,1H3,(H2,20,21,22);1H. The van der Waals surface area contributed by atoms with E-state index in [0.717, 1.165) is 75.4 Å². The largest absolute Gasteiger partial charge is 0.490 e. The third kappa shape index (κ3) is 7.34. The van der Waals surface area contributed by atoms with Crippen molar-refractivity contribution in [1.29, 1.82) is 0 Å². The van der Waals surface area contributed by atoms with Crippen LogP contribution in [-0.4, -0.2) is 59.2 Å². The van der Waals surface area contributed by atoms with Crippen LogP contribution in [0.3, 0.4) is 0 Å². The van der Waals surface area contributed by atoms with E-state index in [-0.39, 0.29) is 24.0 Å². The molecule has 1 aromatic rings. The van der Waals surface area contributed by atoms with E-state index in [4.69, 9.17) is 18.9 Å². The van der Waals surface area contributed by atoms with E-state index in [0.29, 0.717) is 19.1 Å².